The highest BCUT2D eigenvalue weighted by Crippen LogP contribution is 2.05. The van der Waals surface area contributed by atoms with Gasteiger partial charge in [0.1, 0.15) is 0 Å². The topological polar surface area (TPSA) is 63.2 Å². The van der Waals surface area contributed by atoms with Gasteiger partial charge in [0.2, 0.25) is 5.88 Å². The van der Waals surface area contributed by atoms with Crippen LogP contribution in [0.3, 0.4) is 0 Å². The number of pyridine rings is 1. The number of rotatable bonds is 7. The van der Waals surface area contributed by atoms with E-state index in [2.05, 4.69) is 22.5 Å². The van der Waals surface area contributed by atoms with Crippen molar-refractivity contribution in [2.24, 2.45) is 0 Å². The van der Waals surface area contributed by atoms with E-state index in [4.69, 9.17) is 4.74 Å². The highest BCUT2D eigenvalue weighted by molar-refractivity contribution is 5.73. The zero-order chi connectivity index (χ0) is 13.2. The number of ether oxygens (including phenoxy) is 1. The van der Waals surface area contributed by atoms with Gasteiger partial charge in [-0.3, -0.25) is 0 Å². The van der Waals surface area contributed by atoms with Crippen LogP contribution in [0.5, 0.6) is 5.88 Å². The van der Waals surface area contributed by atoms with Crippen molar-refractivity contribution >= 4 is 6.03 Å². The Morgan fingerprint density at radius 3 is 2.78 bits per heavy atom. The Hall–Kier alpha value is -1.78. The van der Waals surface area contributed by atoms with E-state index in [1.165, 1.54) is 0 Å². The number of nitrogens with one attached hydrogen (secondary N) is 2. The van der Waals surface area contributed by atoms with Crippen molar-refractivity contribution in [1.29, 1.82) is 0 Å². The van der Waals surface area contributed by atoms with Crippen molar-refractivity contribution in [3.8, 4) is 5.88 Å². The third kappa shape index (κ3) is 5.52. The Kier molecular flexibility index (Phi) is 6.61. The molecule has 1 aromatic heterocycles. The molecule has 2 amide bonds. The fourth-order valence-corrected chi connectivity index (χ4v) is 1.46. The number of methoxy groups -OCH3 is 1. The van der Waals surface area contributed by atoms with E-state index in [0.717, 1.165) is 31.4 Å². The molecule has 0 aliphatic carbocycles. The van der Waals surface area contributed by atoms with Crippen LogP contribution in [0.1, 0.15) is 31.7 Å². The summed E-state index contributed by atoms with van der Waals surface area (Å²) in [4.78, 5) is 15.5. The third-order valence-electron chi connectivity index (χ3n) is 2.53. The van der Waals surface area contributed by atoms with Gasteiger partial charge in [0.05, 0.1) is 7.11 Å². The Bertz CT molecular complexity index is 352. The van der Waals surface area contributed by atoms with Gasteiger partial charge in [-0.15, -0.1) is 0 Å². The van der Waals surface area contributed by atoms with Gasteiger partial charge in [0, 0.05) is 25.4 Å². The number of aromatic nitrogens is 1. The first kappa shape index (κ1) is 14.3. The van der Waals surface area contributed by atoms with E-state index in [-0.39, 0.29) is 6.03 Å². The molecule has 1 heterocycles. The summed E-state index contributed by atoms with van der Waals surface area (Å²) >= 11 is 0. The third-order valence-corrected chi connectivity index (χ3v) is 2.53. The van der Waals surface area contributed by atoms with Crippen LogP contribution in [-0.4, -0.2) is 24.7 Å². The fraction of sp³-hybridized carbons (Fsp3) is 0.538. The number of carbonyl (C=O) groups is 1. The first-order valence-corrected chi connectivity index (χ1v) is 6.27. The number of hydrogen-bond acceptors (Lipinski definition) is 3. The summed E-state index contributed by atoms with van der Waals surface area (Å²) in [6.45, 7) is 3.33. The maximum atomic E-state index is 11.4. The monoisotopic (exact) mass is 251 g/mol. The van der Waals surface area contributed by atoms with E-state index < -0.39 is 0 Å². The smallest absolute Gasteiger partial charge is 0.315 e. The van der Waals surface area contributed by atoms with Gasteiger partial charge < -0.3 is 15.4 Å². The molecular weight excluding hydrogens is 230 g/mol. The van der Waals surface area contributed by atoms with Crippen LogP contribution in [0.2, 0.25) is 0 Å². The molecule has 2 N–H and O–H groups in total. The lowest BCUT2D eigenvalue weighted by molar-refractivity contribution is 0.240. The largest absolute Gasteiger partial charge is 0.481 e. The average Bonchev–Trinajstić information content (AvgIpc) is 2.42. The van der Waals surface area contributed by atoms with Crippen molar-refractivity contribution in [2.45, 2.75) is 32.7 Å². The Balaban J connectivity index is 2.20. The number of carbonyl (C=O) groups excluding carboxylic acids is 1. The highest BCUT2D eigenvalue weighted by Gasteiger charge is 2.00. The molecule has 5 heteroatoms. The summed E-state index contributed by atoms with van der Waals surface area (Å²) in [5.74, 6) is 0.572. The minimum atomic E-state index is -0.137. The van der Waals surface area contributed by atoms with E-state index in [1.54, 1.807) is 19.4 Å². The summed E-state index contributed by atoms with van der Waals surface area (Å²) in [5.41, 5.74) is 0.944. The molecule has 0 fully saturated rings. The lowest BCUT2D eigenvalue weighted by Crippen LogP contribution is -2.35. The molecule has 0 aliphatic heterocycles. The number of urea groups is 1. The second-order valence-electron chi connectivity index (χ2n) is 4.03. The molecule has 0 radical (unpaired) electrons. The van der Waals surface area contributed by atoms with Crippen molar-refractivity contribution in [1.82, 2.24) is 15.6 Å². The second-order valence-corrected chi connectivity index (χ2v) is 4.03. The number of hydrogen-bond donors (Lipinski definition) is 2. The predicted molar refractivity (Wildman–Crippen MR) is 70.6 cm³/mol. The van der Waals surface area contributed by atoms with Crippen LogP contribution in [0.25, 0.3) is 0 Å². The van der Waals surface area contributed by atoms with E-state index in [9.17, 15) is 4.79 Å². The molecule has 5 nitrogen and oxygen atoms in total. The lowest BCUT2D eigenvalue weighted by Gasteiger charge is -2.07. The van der Waals surface area contributed by atoms with Crippen LogP contribution >= 0.6 is 0 Å². The number of amides is 2. The zero-order valence-corrected chi connectivity index (χ0v) is 11.0. The van der Waals surface area contributed by atoms with Crippen LogP contribution in [0.4, 0.5) is 4.79 Å². The van der Waals surface area contributed by atoms with Gasteiger partial charge in [0.15, 0.2) is 0 Å². The van der Waals surface area contributed by atoms with Gasteiger partial charge in [0.25, 0.3) is 0 Å². The predicted octanol–water partition coefficient (Wildman–Crippen LogP) is 2.08. The molecule has 0 atom stereocenters. The minimum absolute atomic E-state index is 0.137. The Labute approximate surface area is 108 Å². The normalized spacial score (nSPS) is 9.89. The molecule has 1 rings (SSSR count). The quantitative estimate of drug-likeness (QED) is 0.729. The molecule has 18 heavy (non-hydrogen) atoms. The lowest BCUT2D eigenvalue weighted by atomic mass is 10.2. The maximum absolute atomic E-state index is 11.4. The van der Waals surface area contributed by atoms with Crippen LogP contribution in [-0.2, 0) is 6.54 Å². The van der Waals surface area contributed by atoms with E-state index in [0.29, 0.717) is 12.4 Å². The van der Waals surface area contributed by atoms with Gasteiger partial charge in [-0.1, -0.05) is 25.8 Å². The van der Waals surface area contributed by atoms with Crippen molar-refractivity contribution in [3.05, 3.63) is 23.9 Å². The second kappa shape index (κ2) is 8.33. The molecule has 0 spiro atoms. The fourth-order valence-electron chi connectivity index (χ4n) is 1.46. The summed E-state index contributed by atoms with van der Waals surface area (Å²) < 4.78 is 4.96. The van der Waals surface area contributed by atoms with Crippen molar-refractivity contribution < 1.29 is 9.53 Å². The average molecular weight is 251 g/mol. The molecular formula is C13H21N3O2. The SMILES string of the molecule is CCCCCNC(=O)NCc1ccc(OC)nc1. The standard InChI is InChI=1S/C13H21N3O2/c1-3-4-5-8-14-13(17)16-10-11-6-7-12(18-2)15-9-11/h6-7,9H,3-5,8,10H2,1-2H3,(H2,14,16,17). The van der Waals surface area contributed by atoms with Gasteiger partial charge in [-0.2, -0.15) is 0 Å². The van der Waals surface area contributed by atoms with Gasteiger partial charge >= 0.3 is 6.03 Å². The minimum Gasteiger partial charge on any atom is -0.481 e. The Morgan fingerprint density at radius 1 is 1.33 bits per heavy atom. The molecule has 1 aromatic rings. The molecule has 0 bridgehead atoms. The van der Waals surface area contributed by atoms with Gasteiger partial charge in [-0.25, -0.2) is 9.78 Å². The van der Waals surface area contributed by atoms with Crippen molar-refractivity contribution in [2.75, 3.05) is 13.7 Å². The van der Waals surface area contributed by atoms with E-state index >= 15 is 0 Å². The summed E-state index contributed by atoms with van der Waals surface area (Å²) in [6, 6.07) is 3.52. The van der Waals surface area contributed by atoms with E-state index in [1.807, 2.05) is 6.07 Å². The molecule has 0 aliphatic rings. The maximum Gasteiger partial charge on any atom is 0.315 e. The van der Waals surface area contributed by atoms with Crippen LogP contribution in [0, 0.1) is 0 Å². The molecule has 100 valence electrons. The molecule has 0 unspecified atom stereocenters. The summed E-state index contributed by atoms with van der Waals surface area (Å²) in [6.07, 6.45) is 5.01. The molecule has 0 saturated heterocycles. The van der Waals surface area contributed by atoms with Crippen molar-refractivity contribution in [3.63, 3.8) is 0 Å². The highest BCUT2D eigenvalue weighted by atomic mass is 16.5. The number of nitrogens with zero attached hydrogens (tertiary/aromatic N) is 1. The number of unbranched alkanes of at least 4 members (excludes halogenated alkanes) is 2. The Morgan fingerprint density at radius 2 is 2.17 bits per heavy atom. The summed E-state index contributed by atoms with van der Waals surface area (Å²) in [5, 5.41) is 5.60. The van der Waals surface area contributed by atoms with Crippen LogP contribution < -0.4 is 15.4 Å². The molecule has 0 saturated carbocycles. The summed E-state index contributed by atoms with van der Waals surface area (Å²) in [7, 11) is 1.57. The van der Waals surface area contributed by atoms with Crippen LogP contribution in [0.15, 0.2) is 18.3 Å². The molecule has 0 aromatic carbocycles. The van der Waals surface area contributed by atoms with Gasteiger partial charge in [-0.05, 0) is 12.0 Å². The first-order valence-electron chi connectivity index (χ1n) is 6.27. The zero-order valence-electron chi connectivity index (χ0n) is 11.0. The first-order chi connectivity index (χ1) is 8.76.